The van der Waals surface area contributed by atoms with E-state index >= 15 is 0 Å². The number of aliphatic hydroxyl groups excluding tert-OH is 1. The minimum atomic E-state index is -0.636. The Morgan fingerprint density at radius 3 is 2.63 bits per heavy atom. The van der Waals surface area contributed by atoms with Gasteiger partial charge in [-0.1, -0.05) is 35.9 Å². The van der Waals surface area contributed by atoms with Gasteiger partial charge in [-0.2, -0.15) is 0 Å². The van der Waals surface area contributed by atoms with Crippen molar-refractivity contribution in [1.82, 2.24) is 0 Å². The molecule has 0 aliphatic heterocycles. The van der Waals surface area contributed by atoms with Gasteiger partial charge in [0.15, 0.2) is 0 Å². The Kier molecular flexibility index (Phi) is 4.23. The predicted octanol–water partition coefficient (Wildman–Crippen LogP) is 4.37. The second kappa shape index (κ2) is 5.72. The van der Waals surface area contributed by atoms with E-state index in [9.17, 15) is 9.50 Å². The number of benzene rings is 2. The lowest BCUT2D eigenvalue weighted by Crippen LogP contribution is -2.05. The van der Waals surface area contributed by atoms with Crippen molar-refractivity contribution in [2.24, 2.45) is 0 Å². The number of hydrogen-bond acceptors (Lipinski definition) is 1. The molecule has 0 bridgehead atoms. The fourth-order valence-corrected chi connectivity index (χ4v) is 2.38. The summed E-state index contributed by atoms with van der Waals surface area (Å²) < 4.78 is 13.0. The summed E-state index contributed by atoms with van der Waals surface area (Å²) >= 11 is 5.98. The lowest BCUT2D eigenvalue weighted by molar-refractivity contribution is 0.177. The highest BCUT2D eigenvalue weighted by Gasteiger charge is 2.14. The topological polar surface area (TPSA) is 20.2 Å². The van der Waals surface area contributed by atoms with Crippen molar-refractivity contribution in [3.63, 3.8) is 0 Å². The molecule has 3 heteroatoms. The summed E-state index contributed by atoms with van der Waals surface area (Å²) in [6.45, 7) is 4.00. The van der Waals surface area contributed by atoms with Crippen LogP contribution in [0.3, 0.4) is 0 Å². The quantitative estimate of drug-likeness (QED) is 0.884. The van der Waals surface area contributed by atoms with E-state index in [0.717, 1.165) is 22.3 Å². The first kappa shape index (κ1) is 14.0. The molecule has 19 heavy (non-hydrogen) atoms. The lowest BCUT2D eigenvalue weighted by Gasteiger charge is -2.16. The molecule has 0 saturated carbocycles. The average Bonchev–Trinajstić information content (AvgIpc) is 2.36. The molecule has 0 fully saturated rings. The minimum Gasteiger partial charge on any atom is -0.388 e. The average molecular weight is 279 g/mol. The molecule has 0 saturated heterocycles. The molecular formula is C16H16ClFO. The van der Waals surface area contributed by atoms with Crippen LogP contribution >= 0.6 is 11.6 Å². The van der Waals surface area contributed by atoms with Crippen LogP contribution in [0.15, 0.2) is 36.4 Å². The molecule has 2 aromatic rings. The number of halogens is 2. The van der Waals surface area contributed by atoms with Crippen molar-refractivity contribution in [2.75, 3.05) is 0 Å². The molecule has 0 aliphatic carbocycles. The van der Waals surface area contributed by atoms with E-state index in [1.807, 2.05) is 32.0 Å². The third-order valence-electron chi connectivity index (χ3n) is 3.43. The van der Waals surface area contributed by atoms with Crippen LogP contribution in [0.1, 0.15) is 28.4 Å². The molecule has 0 radical (unpaired) electrons. The van der Waals surface area contributed by atoms with Crippen molar-refractivity contribution in [1.29, 1.82) is 0 Å². The SMILES string of the molecule is Cc1cccc(C(O)Cc2ccc(F)cc2Cl)c1C. The molecule has 1 N–H and O–H groups in total. The summed E-state index contributed by atoms with van der Waals surface area (Å²) in [6.07, 6.45) is -0.258. The molecule has 0 amide bonds. The Labute approximate surface area is 117 Å². The molecule has 0 aromatic heterocycles. The summed E-state index contributed by atoms with van der Waals surface area (Å²) in [5, 5.41) is 10.7. The molecule has 0 spiro atoms. The van der Waals surface area contributed by atoms with Crippen LogP contribution in [0.4, 0.5) is 4.39 Å². The fourth-order valence-electron chi connectivity index (χ4n) is 2.14. The zero-order valence-electron chi connectivity index (χ0n) is 11.0. The van der Waals surface area contributed by atoms with Gasteiger partial charge in [0.1, 0.15) is 5.82 Å². The van der Waals surface area contributed by atoms with Gasteiger partial charge in [0.25, 0.3) is 0 Å². The molecule has 0 aliphatic rings. The summed E-state index contributed by atoms with van der Waals surface area (Å²) in [4.78, 5) is 0. The third kappa shape index (κ3) is 3.14. The monoisotopic (exact) mass is 278 g/mol. The highest BCUT2D eigenvalue weighted by Crippen LogP contribution is 2.27. The highest BCUT2D eigenvalue weighted by molar-refractivity contribution is 6.31. The molecule has 2 rings (SSSR count). The van der Waals surface area contributed by atoms with Crippen LogP contribution < -0.4 is 0 Å². The predicted molar refractivity (Wildman–Crippen MR) is 76.0 cm³/mol. The largest absolute Gasteiger partial charge is 0.388 e. The van der Waals surface area contributed by atoms with E-state index in [1.165, 1.54) is 12.1 Å². The lowest BCUT2D eigenvalue weighted by atomic mass is 9.95. The number of aliphatic hydroxyl groups is 1. The van der Waals surface area contributed by atoms with Gasteiger partial charge in [-0.05, 0) is 48.2 Å². The van der Waals surface area contributed by atoms with Gasteiger partial charge < -0.3 is 5.11 Å². The first-order chi connectivity index (χ1) is 8.99. The Bertz CT molecular complexity index is 595. The smallest absolute Gasteiger partial charge is 0.124 e. The second-order valence-electron chi connectivity index (χ2n) is 4.74. The second-order valence-corrected chi connectivity index (χ2v) is 5.15. The van der Waals surface area contributed by atoms with E-state index < -0.39 is 6.10 Å². The van der Waals surface area contributed by atoms with Gasteiger partial charge in [0.2, 0.25) is 0 Å². The van der Waals surface area contributed by atoms with Gasteiger partial charge in [-0.3, -0.25) is 0 Å². The van der Waals surface area contributed by atoms with Crippen LogP contribution in [-0.2, 0) is 6.42 Å². The fraction of sp³-hybridized carbons (Fsp3) is 0.250. The van der Waals surface area contributed by atoms with E-state index in [2.05, 4.69) is 0 Å². The molecule has 1 nitrogen and oxygen atoms in total. The van der Waals surface area contributed by atoms with Crippen LogP contribution in [0.25, 0.3) is 0 Å². The minimum absolute atomic E-state index is 0.351. The number of rotatable bonds is 3. The summed E-state index contributed by atoms with van der Waals surface area (Å²) in [5.74, 6) is -0.366. The van der Waals surface area contributed by atoms with Gasteiger partial charge >= 0.3 is 0 Å². The van der Waals surface area contributed by atoms with Crippen molar-refractivity contribution in [2.45, 2.75) is 26.4 Å². The molecule has 1 atom stereocenters. The zero-order chi connectivity index (χ0) is 14.0. The van der Waals surface area contributed by atoms with Gasteiger partial charge in [0.05, 0.1) is 6.10 Å². The van der Waals surface area contributed by atoms with E-state index in [4.69, 9.17) is 11.6 Å². The van der Waals surface area contributed by atoms with Crippen molar-refractivity contribution in [3.05, 3.63) is 69.5 Å². The maximum Gasteiger partial charge on any atom is 0.124 e. The first-order valence-corrected chi connectivity index (χ1v) is 6.55. The molecular weight excluding hydrogens is 263 g/mol. The molecule has 1 unspecified atom stereocenters. The first-order valence-electron chi connectivity index (χ1n) is 6.17. The standard InChI is InChI=1S/C16H16ClFO/c1-10-4-3-5-14(11(10)2)16(19)8-12-6-7-13(18)9-15(12)17/h3-7,9,16,19H,8H2,1-2H3. The third-order valence-corrected chi connectivity index (χ3v) is 3.79. The number of hydrogen-bond donors (Lipinski definition) is 1. The maximum absolute atomic E-state index is 13.0. The van der Waals surface area contributed by atoms with E-state index in [1.54, 1.807) is 6.07 Å². The summed E-state index contributed by atoms with van der Waals surface area (Å²) in [7, 11) is 0. The Balaban J connectivity index is 2.25. The van der Waals surface area contributed by atoms with Crippen molar-refractivity contribution >= 4 is 11.6 Å². The molecule has 100 valence electrons. The van der Waals surface area contributed by atoms with Crippen LogP contribution in [-0.4, -0.2) is 5.11 Å². The molecule has 0 heterocycles. The van der Waals surface area contributed by atoms with Crippen molar-refractivity contribution in [3.8, 4) is 0 Å². The number of aryl methyl sites for hydroxylation is 1. The van der Waals surface area contributed by atoms with Crippen molar-refractivity contribution < 1.29 is 9.50 Å². The zero-order valence-corrected chi connectivity index (χ0v) is 11.7. The van der Waals surface area contributed by atoms with E-state index in [-0.39, 0.29) is 5.82 Å². The van der Waals surface area contributed by atoms with Gasteiger partial charge in [-0.15, -0.1) is 0 Å². The van der Waals surface area contributed by atoms with Crippen LogP contribution in [0, 0.1) is 19.7 Å². The highest BCUT2D eigenvalue weighted by atomic mass is 35.5. The van der Waals surface area contributed by atoms with Gasteiger partial charge in [0, 0.05) is 11.4 Å². The summed E-state index contributed by atoms with van der Waals surface area (Å²) in [5.41, 5.74) is 3.85. The normalized spacial score (nSPS) is 12.5. The van der Waals surface area contributed by atoms with Crippen LogP contribution in [0.2, 0.25) is 5.02 Å². The van der Waals surface area contributed by atoms with Crippen LogP contribution in [0.5, 0.6) is 0 Å². The Hall–Kier alpha value is -1.38. The van der Waals surface area contributed by atoms with Gasteiger partial charge in [-0.25, -0.2) is 4.39 Å². The van der Waals surface area contributed by atoms with E-state index in [0.29, 0.717) is 11.4 Å². The maximum atomic E-state index is 13.0. The summed E-state index contributed by atoms with van der Waals surface area (Å²) in [6, 6.07) is 10.1. The molecule has 2 aromatic carbocycles. The Morgan fingerprint density at radius 1 is 1.21 bits per heavy atom. The Morgan fingerprint density at radius 2 is 1.95 bits per heavy atom.